The lowest BCUT2D eigenvalue weighted by Gasteiger charge is -1.98. The van der Waals surface area contributed by atoms with E-state index in [2.05, 4.69) is 4.98 Å². The Bertz CT molecular complexity index is 484. The highest BCUT2D eigenvalue weighted by molar-refractivity contribution is 7.99. The molecule has 1 aromatic carbocycles. The Morgan fingerprint density at radius 1 is 1.33 bits per heavy atom. The minimum absolute atomic E-state index is 0.260. The van der Waals surface area contributed by atoms with Gasteiger partial charge in [-0.05, 0) is 31.2 Å². The fourth-order valence-electron chi connectivity index (χ4n) is 1.40. The van der Waals surface area contributed by atoms with Crippen LogP contribution in [0.3, 0.4) is 0 Å². The lowest BCUT2D eigenvalue weighted by molar-refractivity contribution is 0.164. The smallest absolute Gasteiger partial charge is 0.256 e. The average molecular weight is 267 g/mol. The highest BCUT2D eigenvalue weighted by atomic mass is 32.2. The fraction of sp³-hybridized carbons (Fsp3) is 0.308. The van der Waals surface area contributed by atoms with Crippen LogP contribution < -0.4 is 0 Å². The van der Waals surface area contributed by atoms with Crippen molar-refractivity contribution >= 4 is 11.8 Å². The molecule has 0 unspecified atom stereocenters. The van der Waals surface area contributed by atoms with Gasteiger partial charge in [-0.15, -0.1) is 0 Å². The molecule has 0 fully saturated rings. The molecule has 5 heteroatoms. The molecular weight excluding hydrogens is 253 g/mol. The lowest BCUT2D eigenvalue weighted by atomic mass is 10.2. The third-order valence-electron chi connectivity index (χ3n) is 2.27. The van der Waals surface area contributed by atoms with Crippen molar-refractivity contribution in [1.82, 2.24) is 4.98 Å². The van der Waals surface area contributed by atoms with Crippen LogP contribution in [0.5, 0.6) is 0 Å². The van der Waals surface area contributed by atoms with Crippen molar-refractivity contribution in [3.8, 4) is 11.3 Å². The minimum atomic E-state index is -0.260. The quantitative estimate of drug-likeness (QED) is 0.591. The maximum Gasteiger partial charge on any atom is 0.256 e. The Morgan fingerprint density at radius 3 is 2.83 bits per heavy atom. The van der Waals surface area contributed by atoms with Crippen molar-refractivity contribution in [1.29, 1.82) is 0 Å². The van der Waals surface area contributed by atoms with Gasteiger partial charge in [-0.1, -0.05) is 11.8 Å². The van der Waals surface area contributed by atoms with Crippen molar-refractivity contribution in [3.05, 3.63) is 36.3 Å². The monoisotopic (exact) mass is 267 g/mol. The van der Waals surface area contributed by atoms with Crippen LogP contribution in [0.25, 0.3) is 11.3 Å². The van der Waals surface area contributed by atoms with Crippen LogP contribution in [0.4, 0.5) is 4.39 Å². The Hall–Kier alpha value is -1.33. The van der Waals surface area contributed by atoms with Crippen molar-refractivity contribution < 1.29 is 13.5 Å². The molecule has 0 N–H and O–H groups in total. The summed E-state index contributed by atoms with van der Waals surface area (Å²) in [6.45, 7) is 3.35. The lowest BCUT2D eigenvalue weighted by Crippen LogP contribution is -1.95. The molecule has 0 saturated heterocycles. The van der Waals surface area contributed by atoms with E-state index < -0.39 is 0 Å². The third kappa shape index (κ3) is 3.58. The minimum Gasteiger partial charge on any atom is -0.431 e. The number of hydrogen-bond acceptors (Lipinski definition) is 4. The van der Waals surface area contributed by atoms with E-state index in [9.17, 15) is 4.39 Å². The van der Waals surface area contributed by atoms with E-state index in [1.165, 1.54) is 23.9 Å². The summed E-state index contributed by atoms with van der Waals surface area (Å²) in [5.41, 5.74) is 0.820. The van der Waals surface area contributed by atoms with E-state index in [1.807, 2.05) is 6.92 Å². The fourth-order valence-corrected chi connectivity index (χ4v) is 2.06. The zero-order valence-corrected chi connectivity index (χ0v) is 10.9. The first-order chi connectivity index (χ1) is 8.79. The summed E-state index contributed by atoms with van der Waals surface area (Å²) in [4.78, 5) is 4.16. The SMILES string of the molecule is CCOCCSc1ncc(-c2ccc(F)cc2)o1. The Morgan fingerprint density at radius 2 is 2.11 bits per heavy atom. The van der Waals surface area contributed by atoms with Gasteiger partial charge in [0.05, 0.1) is 12.8 Å². The van der Waals surface area contributed by atoms with E-state index in [4.69, 9.17) is 9.15 Å². The summed E-state index contributed by atoms with van der Waals surface area (Å²) in [6.07, 6.45) is 1.65. The largest absolute Gasteiger partial charge is 0.431 e. The second-order valence-corrected chi connectivity index (χ2v) is 4.59. The Labute approximate surface area is 109 Å². The summed E-state index contributed by atoms with van der Waals surface area (Å²) in [7, 11) is 0. The van der Waals surface area contributed by atoms with Crippen molar-refractivity contribution in [2.45, 2.75) is 12.1 Å². The van der Waals surface area contributed by atoms with Gasteiger partial charge in [0.25, 0.3) is 5.22 Å². The molecule has 0 atom stereocenters. The summed E-state index contributed by atoms with van der Waals surface area (Å²) < 4.78 is 23.6. The summed E-state index contributed by atoms with van der Waals surface area (Å²) in [6, 6.07) is 6.15. The number of oxazole rings is 1. The summed E-state index contributed by atoms with van der Waals surface area (Å²) in [5, 5.41) is 0.606. The first-order valence-corrected chi connectivity index (χ1v) is 6.70. The number of halogens is 1. The standard InChI is InChI=1S/C13H14FNO2S/c1-2-16-7-8-18-13-15-9-12(17-13)10-3-5-11(14)6-4-10/h3-6,9H,2,7-8H2,1H3. The van der Waals surface area contributed by atoms with Crippen molar-refractivity contribution in [2.24, 2.45) is 0 Å². The van der Waals surface area contributed by atoms with Crippen LogP contribution in [-0.4, -0.2) is 24.0 Å². The zero-order valence-electron chi connectivity index (χ0n) is 10.1. The molecule has 0 amide bonds. The highest BCUT2D eigenvalue weighted by Gasteiger charge is 2.06. The van der Waals surface area contributed by atoms with Crippen LogP contribution >= 0.6 is 11.8 Å². The average Bonchev–Trinajstić information content (AvgIpc) is 2.84. The molecule has 1 aromatic heterocycles. The van der Waals surface area contributed by atoms with Gasteiger partial charge in [0.2, 0.25) is 0 Å². The molecule has 0 aliphatic heterocycles. The van der Waals surface area contributed by atoms with E-state index in [1.54, 1.807) is 18.3 Å². The van der Waals surface area contributed by atoms with E-state index >= 15 is 0 Å². The second-order valence-electron chi connectivity index (χ2n) is 3.54. The van der Waals surface area contributed by atoms with E-state index in [0.29, 0.717) is 24.2 Å². The van der Waals surface area contributed by atoms with Gasteiger partial charge in [-0.2, -0.15) is 0 Å². The molecule has 2 rings (SSSR count). The molecule has 0 aliphatic rings. The number of aromatic nitrogens is 1. The molecule has 0 radical (unpaired) electrons. The number of rotatable bonds is 6. The molecule has 3 nitrogen and oxygen atoms in total. The molecular formula is C13H14FNO2S. The predicted octanol–water partition coefficient (Wildman–Crippen LogP) is 3.61. The number of nitrogens with zero attached hydrogens (tertiary/aromatic N) is 1. The van der Waals surface area contributed by atoms with Crippen LogP contribution in [0.15, 0.2) is 40.1 Å². The maximum absolute atomic E-state index is 12.8. The number of benzene rings is 1. The van der Waals surface area contributed by atoms with Gasteiger partial charge in [0, 0.05) is 17.9 Å². The summed E-state index contributed by atoms with van der Waals surface area (Å²) in [5.74, 6) is 1.19. The van der Waals surface area contributed by atoms with Crippen LogP contribution in [0.1, 0.15) is 6.92 Å². The Balaban J connectivity index is 1.95. The highest BCUT2D eigenvalue weighted by Crippen LogP contribution is 2.25. The zero-order chi connectivity index (χ0) is 12.8. The molecule has 18 heavy (non-hydrogen) atoms. The van der Waals surface area contributed by atoms with Gasteiger partial charge in [-0.3, -0.25) is 0 Å². The molecule has 0 saturated carbocycles. The van der Waals surface area contributed by atoms with E-state index in [-0.39, 0.29) is 5.82 Å². The van der Waals surface area contributed by atoms with Crippen molar-refractivity contribution in [2.75, 3.05) is 19.0 Å². The van der Waals surface area contributed by atoms with Crippen LogP contribution in [0, 0.1) is 5.82 Å². The van der Waals surface area contributed by atoms with Gasteiger partial charge in [-0.25, -0.2) is 9.37 Å². The molecule has 0 spiro atoms. The number of ether oxygens (including phenoxy) is 1. The summed E-state index contributed by atoms with van der Waals surface area (Å²) >= 11 is 1.50. The van der Waals surface area contributed by atoms with E-state index in [0.717, 1.165) is 11.3 Å². The number of thioether (sulfide) groups is 1. The molecule has 1 heterocycles. The first-order valence-electron chi connectivity index (χ1n) is 5.72. The molecule has 2 aromatic rings. The first kappa shape index (κ1) is 13.1. The molecule has 0 aliphatic carbocycles. The van der Waals surface area contributed by atoms with Gasteiger partial charge in [0.15, 0.2) is 5.76 Å². The molecule has 96 valence electrons. The normalized spacial score (nSPS) is 10.8. The van der Waals surface area contributed by atoms with Crippen LogP contribution in [0.2, 0.25) is 0 Å². The van der Waals surface area contributed by atoms with Crippen molar-refractivity contribution in [3.63, 3.8) is 0 Å². The van der Waals surface area contributed by atoms with Gasteiger partial charge in [0.1, 0.15) is 5.82 Å². The maximum atomic E-state index is 12.8. The van der Waals surface area contributed by atoms with Crippen LogP contribution in [-0.2, 0) is 4.74 Å². The predicted molar refractivity (Wildman–Crippen MR) is 69.1 cm³/mol. The third-order valence-corrected chi connectivity index (χ3v) is 3.08. The topological polar surface area (TPSA) is 35.3 Å². The second kappa shape index (κ2) is 6.56. The van der Waals surface area contributed by atoms with Gasteiger partial charge < -0.3 is 9.15 Å². The molecule has 0 bridgehead atoms. The van der Waals surface area contributed by atoms with Gasteiger partial charge >= 0.3 is 0 Å². The number of hydrogen-bond donors (Lipinski definition) is 0. The Kier molecular flexibility index (Phi) is 4.78.